The van der Waals surface area contributed by atoms with Crippen molar-refractivity contribution in [3.63, 3.8) is 0 Å². The third-order valence-electron chi connectivity index (χ3n) is 2.16. The van der Waals surface area contributed by atoms with Gasteiger partial charge in [-0.15, -0.1) is 0 Å². The number of carboxylic acids is 1. The number of aromatic carboxylic acids is 1. The zero-order valence-electron chi connectivity index (χ0n) is 9.82. The second kappa shape index (κ2) is 6.00. The number of hydrogen-bond acceptors (Lipinski definition) is 3. The number of benzene rings is 1. The molecule has 0 aromatic heterocycles. The van der Waals surface area contributed by atoms with Crippen LogP contribution in [0.2, 0.25) is 0 Å². The largest absolute Gasteiger partial charge is 0.478 e. The molecule has 0 saturated heterocycles. The van der Waals surface area contributed by atoms with Crippen LogP contribution in [0.25, 0.3) is 0 Å². The minimum absolute atomic E-state index is 0.131. The Bertz CT molecular complexity index is 429. The van der Waals surface area contributed by atoms with E-state index in [0.29, 0.717) is 24.3 Å². The Morgan fingerprint density at radius 2 is 2.06 bits per heavy atom. The number of methoxy groups -OCH3 is 1. The fourth-order valence-corrected chi connectivity index (χ4v) is 1.39. The van der Waals surface area contributed by atoms with Gasteiger partial charge in [-0.05, 0) is 23.8 Å². The molecule has 0 aliphatic rings. The lowest BCUT2D eigenvalue weighted by atomic mass is 10.1. The van der Waals surface area contributed by atoms with Crippen molar-refractivity contribution in [2.24, 2.45) is 0 Å². The zero-order chi connectivity index (χ0) is 12.8. The number of rotatable bonds is 5. The van der Waals surface area contributed by atoms with Crippen LogP contribution < -0.4 is 5.32 Å². The van der Waals surface area contributed by atoms with Gasteiger partial charge in [-0.3, -0.25) is 4.79 Å². The molecule has 0 saturated carbocycles. The van der Waals surface area contributed by atoms with Crippen molar-refractivity contribution >= 4 is 17.6 Å². The fraction of sp³-hybridized carbons (Fsp3) is 0.333. The molecule has 17 heavy (non-hydrogen) atoms. The average molecular weight is 237 g/mol. The second-order valence-electron chi connectivity index (χ2n) is 3.56. The van der Waals surface area contributed by atoms with Gasteiger partial charge in [0.25, 0.3) is 0 Å². The van der Waals surface area contributed by atoms with Crippen LogP contribution in [-0.4, -0.2) is 24.1 Å². The van der Waals surface area contributed by atoms with Crippen LogP contribution in [0, 0.1) is 0 Å². The Morgan fingerprint density at radius 3 is 2.59 bits per heavy atom. The molecular formula is C12H15NO4. The maximum atomic E-state index is 11.2. The van der Waals surface area contributed by atoms with Gasteiger partial charge in [-0.1, -0.05) is 6.92 Å². The van der Waals surface area contributed by atoms with E-state index in [-0.39, 0.29) is 11.5 Å². The first-order chi connectivity index (χ1) is 8.06. The number of carbonyl (C=O) groups is 2. The number of anilines is 1. The lowest BCUT2D eigenvalue weighted by Crippen LogP contribution is -2.11. The van der Waals surface area contributed by atoms with E-state index in [9.17, 15) is 9.59 Å². The minimum Gasteiger partial charge on any atom is -0.478 e. The lowest BCUT2D eigenvalue weighted by molar-refractivity contribution is -0.115. The van der Waals surface area contributed by atoms with Gasteiger partial charge in [0.1, 0.15) is 0 Å². The SMILES string of the molecule is CCC(=O)Nc1cc(COC)cc(C(=O)O)c1. The molecule has 1 aromatic rings. The Morgan fingerprint density at radius 1 is 1.35 bits per heavy atom. The molecule has 92 valence electrons. The average Bonchev–Trinajstić information content (AvgIpc) is 2.29. The van der Waals surface area contributed by atoms with Gasteiger partial charge in [0.15, 0.2) is 0 Å². The quantitative estimate of drug-likeness (QED) is 0.819. The van der Waals surface area contributed by atoms with Gasteiger partial charge < -0.3 is 15.2 Å². The summed E-state index contributed by atoms with van der Waals surface area (Å²) < 4.78 is 4.94. The van der Waals surface area contributed by atoms with E-state index < -0.39 is 5.97 Å². The van der Waals surface area contributed by atoms with Crippen molar-refractivity contribution < 1.29 is 19.4 Å². The third kappa shape index (κ3) is 3.88. The van der Waals surface area contributed by atoms with Gasteiger partial charge in [-0.2, -0.15) is 0 Å². The van der Waals surface area contributed by atoms with E-state index in [2.05, 4.69) is 5.32 Å². The van der Waals surface area contributed by atoms with Gasteiger partial charge in [-0.25, -0.2) is 4.79 Å². The van der Waals surface area contributed by atoms with Crippen LogP contribution in [0.5, 0.6) is 0 Å². The van der Waals surface area contributed by atoms with Gasteiger partial charge in [0.05, 0.1) is 12.2 Å². The molecule has 0 heterocycles. The topological polar surface area (TPSA) is 75.6 Å². The molecule has 0 spiro atoms. The summed E-state index contributed by atoms with van der Waals surface area (Å²) in [6, 6.07) is 4.64. The molecule has 1 rings (SSSR count). The Hall–Kier alpha value is -1.88. The predicted octanol–water partition coefficient (Wildman–Crippen LogP) is 1.88. The maximum absolute atomic E-state index is 11.2. The molecule has 2 N–H and O–H groups in total. The van der Waals surface area contributed by atoms with Gasteiger partial charge in [0, 0.05) is 19.2 Å². The molecule has 5 nitrogen and oxygen atoms in total. The van der Waals surface area contributed by atoms with E-state index in [0.717, 1.165) is 0 Å². The Labute approximate surface area is 99.4 Å². The van der Waals surface area contributed by atoms with Crippen molar-refractivity contribution in [2.45, 2.75) is 20.0 Å². The zero-order valence-corrected chi connectivity index (χ0v) is 9.82. The first-order valence-corrected chi connectivity index (χ1v) is 5.23. The standard InChI is InChI=1S/C12H15NO4/c1-3-11(14)13-10-5-8(7-17-2)4-9(6-10)12(15)16/h4-6H,3,7H2,1-2H3,(H,13,14)(H,15,16). The van der Waals surface area contributed by atoms with Crippen LogP contribution in [0.1, 0.15) is 29.3 Å². The third-order valence-corrected chi connectivity index (χ3v) is 2.16. The molecule has 0 fully saturated rings. The highest BCUT2D eigenvalue weighted by Crippen LogP contribution is 2.16. The normalized spacial score (nSPS) is 10.0. The highest BCUT2D eigenvalue weighted by molar-refractivity contribution is 5.94. The molecule has 0 radical (unpaired) electrons. The summed E-state index contributed by atoms with van der Waals surface area (Å²) in [4.78, 5) is 22.2. The van der Waals surface area contributed by atoms with Crippen molar-refractivity contribution in [3.8, 4) is 0 Å². The van der Waals surface area contributed by atoms with E-state index in [1.807, 2.05) is 0 Å². The number of carbonyl (C=O) groups excluding carboxylic acids is 1. The van der Waals surface area contributed by atoms with E-state index in [4.69, 9.17) is 9.84 Å². The van der Waals surface area contributed by atoms with E-state index >= 15 is 0 Å². The van der Waals surface area contributed by atoms with Crippen molar-refractivity contribution in [3.05, 3.63) is 29.3 Å². The summed E-state index contributed by atoms with van der Waals surface area (Å²) in [6.07, 6.45) is 0.344. The van der Waals surface area contributed by atoms with Crippen molar-refractivity contribution in [1.82, 2.24) is 0 Å². The van der Waals surface area contributed by atoms with E-state index in [1.165, 1.54) is 19.2 Å². The first-order valence-electron chi connectivity index (χ1n) is 5.23. The molecule has 1 amide bonds. The Kier molecular flexibility index (Phi) is 4.66. The highest BCUT2D eigenvalue weighted by Gasteiger charge is 2.08. The number of carboxylic acid groups (broad SMARTS) is 1. The van der Waals surface area contributed by atoms with Crippen LogP contribution in [0.3, 0.4) is 0 Å². The molecule has 0 aliphatic carbocycles. The summed E-state index contributed by atoms with van der Waals surface area (Å²) in [5.74, 6) is -1.19. The monoisotopic (exact) mass is 237 g/mol. The molecule has 0 atom stereocenters. The number of hydrogen-bond donors (Lipinski definition) is 2. The summed E-state index contributed by atoms with van der Waals surface area (Å²) in [5.41, 5.74) is 1.31. The van der Waals surface area contributed by atoms with Crippen LogP contribution in [-0.2, 0) is 16.1 Å². The maximum Gasteiger partial charge on any atom is 0.335 e. The lowest BCUT2D eigenvalue weighted by Gasteiger charge is -2.08. The number of amides is 1. The van der Waals surface area contributed by atoms with Gasteiger partial charge >= 0.3 is 5.97 Å². The molecule has 0 bridgehead atoms. The van der Waals surface area contributed by atoms with Crippen molar-refractivity contribution in [2.75, 3.05) is 12.4 Å². The van der Waals surface area contributed by atoms with Crippen LogP contribution in [0.15, 0.2) is 18.2 Å². The predicted molar refractivity (Wildman–Crippen MR) is 63.0 cm³/mol. The second-order valence-corrected chi connectivity index (χ2v) is 3.56. The van der Waals surface area contributed by atoms with Crippen LogP contribution in [0.4, 0.5) is 5.69 Å². The smallest absolute Gasteiger partial charge is 0.335 e. The summed E-state index contributed by atoms with van der Waals surface area (Å²) in [6.45, 7) is 2.03. The highest BCUT2D eigenvalue weighted by atomic mass is 16.5. The Balaban J connectivity index is 3.03. The summed E-state index contributed by atoms with van der Waals surface area (Å²) in [7, 11) is 1.53. The molecule has 5 heteroatoms. The molecule has 0 aliphatic heterocycles. The molecular weight excluding hydrogens is 222 g/mol. The van der Waals surface area contributed by atoms with Crippen molar-refractivity contribution in [1.29, 1.82) is 0 Å². The minimum atomic E-state index is -1.03. The number of nitrogens with one attached hydrogen (secondary N) is 1. The molecule has 1 aromatic carbocycles. The molecule has 0 unspecified atom stereocenters. The first kappa shape index (κ1) is 13.2. The van der Waals surface area contributed by atoms with Crippen LogP contribution >= 0.6 is 0 Å². The summed E-state index contributed by atoms with van der Waals surface area (Å²) >= 11 is 0. The van der Waals surface area contributed by atoms with Gasteiger partial charge in [0.2, 0.25) is 5.91 Å². The summed E-state index contributed by atoms with van der Waals surface area (Å²) in [5, 5.41) is 11.6. The fourth-order valence-electron chi connectivity index (χ4n) is 1.39. The number of ether oxygens (including phenoxy) is 1. The van der Waals surface area contributed by atoms with E-state index in [1.54, 1.807) is 13.0 Å².